The lowest BCUT2D eigenvalue weighted by Crippen LogP contribution is -2.35. The number of hydrogen-bond acceptors (Lipinski definition) is 3. The topological polar surface area (TPSA) is 47.6 Å². The first-order valence-electron chi connectivity index (χ1n) is 8.20. The molecule has 0 bridgehead atoms. The highest BCUT2D eigenvalue weighted by Crippen LogP contribution is 2.29. The molecule has 0 radical (unpaired) electrons. The van der Waals surface area contributed by atoms with Crippen LogP contribution in [0.5, 0.6) is 11.5 Å². The van der Waals surface area contributed by atoms with Gasteiger partial charge in [-0.05, 0) is 50.5 Å². The van der Waals surface area contributed by atoms with Gasteiger partial charge in [0.2, 0.25) is 5.91 Å². The Labute approximate surface area is 139 Å². The van der Waals surface area contributed by atoms with Gasteiger partial charge in [-0.15, -0.1) is 0 Å². The Hall–Kier alpha value is -1.97. The minimum absolute atomic E-state index is 0.0816. The SMILES string of the molecule is CC[C@H](C)[C@H](C)NC(=O)/C=C/c1ccc(OC(C)C)c(OC)c1. The summed E-state index contributed by atoms with van der Waals surface area (Å²) in [5, 5.41) is 2.99. The molecule has 2 atom stereocenters. The van der Waals surface area contributed by atoms with Gasteiger partial charge in [-0.2, -0.15) is 0 Å². The lowest BCUT2D eigenvalue weighted by molar-refractivity contribution is -0.117. The molecule has 0 aliphatic heterocycles. The van der Waals surface area contributed by atoms with Crippen molar-refractivity contribution in [2.24, 2.45) is 5.92 Å². The molecule has 128 valence electrons. The van der Waals surface area contributed by atoms with Crippen molar-refractivity contribution in [2.75, 3.05) is 7.11 Å². The summed E-state index contributed by atoms with van der Waals surface area (Å²) in [7, 11) is 1.61. The zero-order valence-corrected chi connectivity index (χ0v) is 15.1. The van der Waals surface area contributed by atoms with Crippen LogP contribution in [0, 0.1) is 5.92 Å². The van der Waals surface area contributed by atoms with Crippen molar-refractivity contribution in [1.82, 2.24) is 5.32 Å². The maximum absolute atomic E-state index is 12.0. The Balaban J connectivity index is 2.74. The second-order valence-electron chi connectivity index (χ2n) is 6.09. The zero-order valence-electron chi connectivity index (χ0n) is 15.1. The quantitative estimate of drug-likeness (QED) is 0.735. The Kier molecular flexibility index (Phi) is 7.66. The molecule has 0 unspecified atom stereocenters. The average Bonchev–Trinajstić information content (AvgIpc) is 2.52. The lowest BCUT2D eigenvalue weighted by atomic mass is 10.0. The van der Waals surface area contributed by atoms with Crippen molar-refractivity contribution in [3.05, 3.63) is 29.8 Å². The van der Waals surface area contributed by atoms with Gasteiger partial charge in [-0.3, -0.25) is 4.79 Å². The molecule has 0 spiro atoms. The minimum Gasteiger partial charge on any atom is -0.493 e. The second-order valence-corrected chi connectivity index (χ2v) is 6.09. The van der Waals surface area contributed by atoms with Gasteiger partial charge in [0.05, 0.1) is 13.2 Å². The third-order valence-electron chi connectivity index (χ3n) is 3.84. The number of amides is 1. The highest BCUT2D eigenvalue weighted by molar-refractivity contribution is 5.92. The molecule has 1 rings (SSSR count). The molecule has 0 aliphatic carbocycles. The van der Waals surface area contributed by atoms with Crippen LogP contribution in [0.1, 0.15) is 46.6 Å². The third kappa shape index (κ3) is 6.35. The van der Waals surface area contributed by atoms with E-state index >= 15 is 0 Å². The number of benzene rings is 1. The van der Waals surface area contributed by atoms with Crippen molar-refractivity contribution in [3.8, 4) is 11.5 Å². The van der Waals surface area contributed by atoms with Gasteiger partial charge in [0.25, 0.3) is 0 Å². The first-order chi connectivity index (χ1) is 10.9. The Bertz CT molecular complexity index is 537. The standard InChI is InChI=1S/C19H29NO3/c1-7-14(4)15(5)20-19(21)11-9-16-8-10-17(23-13(2)3)18(12-16)22-6/h8-15H,7H2,1-6H3,(H,20,21)/b11-9+/t14-,15-/m0/s1. The fraction of sp³-hybridized carbons (Fsp3) is 0.526. The van der Waals surface area contributed by atoms with Crippen molar-refractivity contribution < 1.29 is 14.3 Å². The summed E-state index contributed by atoms with van der Waals surface area (Å²) in [5.41, 5.74) is 0.893. The number of rotatable bonds is 8. The monoisotopic (exact) mass is 319 g/mol. The van der Waals surface area contributed by atoms with Crippen LogP contribution in [0.4, 0.5) is 0 Å². The predicted octanol–water partition coefficient (Wildman–Crippen LogP) is 4.05. The van der Waals surface area contributed by atoms with Crippen LogP contribution in [0.3, 0.4) is 0 Å². The van der Waals surface area contributed by atoms with Crippen molar-refractivity contribution >= 4 is 12.0 Å². The summed E-state index contributed by atoms with van der Waals surface area (Å²) < 4.78 is 11.0. The van der Waals surface area contributed by atoms with Gasteiger partial charge in [0.1, 0.15) is 0 Å². The minimum atomic E-state index is -0.0840. The highest BCUT2D eigenvalue weighted by Gasteiger charge is 2.11. The highest BCUT2D eigenvalue weighted by atomic mass is 16.5. The first-order valence-corrected chi connectivity index (χ1v) is 8.20. The van der Waals surface area contributed by atoms with E-state index in [-0.39, 0.29) is 18.1 Å². The maximum Gasteiger partial charge on any atom is 0.244 e. The van der Waals surface area contributed by atoms with Crippen LogP contribution in [-0.4, -0.2) is 25.2 Å². The van der Waals surface area contributed by atoms with Crippen molar-refractivity contribution in [1.29, 1.82) is 0 Å². The van der Waals surface area contributed by atoms with E-state index in [2.05, 4.69) is 19.2 Å². The van der Waals surface area contributed by atoms with Gasteiger partial charge in [-0.25, -0.2) is 0 Å². The van der Waals surface area contributed by atoms with Gasteiger partial charge in [0, 0.05) is 12.1 Å². The fourth-order valence-corrected chi connectivity index (χ4v) is 2.08. The summed E-state index contributed by atoms with van der Waals surface area (Å²) in [6.45, 7) is 10.2. The molecule has 0 saturated carbocycles. The van der Waals surface area contributed by atoms with Gasteiger partial charge in [0.15, 0.2) is 11.5 Å². The second kappa shape index (κ2) is 9.23. The van der Waals surface area contributed by atoms with Gasteiger partial charge < -0.3 is 14.8 Å². The third-order valence-corrected chi connectivity index (χ3v) is 3.84. The van der Waals surface area contributed by atoms with E-state index in [1.54, 1.807) is 19.3 Å². The van der Waals surface area contributed by atoms with Crippen molar-refractivity contribution in [3.63, 3.8) is 0 Å². The summed E-state index contributed by atoms with van der Waals surface area (Å²) in [5.74, 6) is 1.74. The van der Waals surface area contributed by atoms with Crippen LogP contribution < -0.4 is 14.8 Å². The summed E-state index contributed by atoms with van der Waals surface area (Å²) in [6.07, 6.45) is 4.45. The molecular formula is C19H29NO3. The maximum atomic E-state index is 12.0. The molecule has 1 amide bonds. The summed E-state index contributed by atoms with van der Waals surface area (Å²) in [6, 6.07) is 5.79. The van der Waals surface area contributed by atoms with Gasteiger partial charge in [-0.1, -0.05) is 26.3 Å². The number of hydrogen-bond donors (Lipinski definition) is 1. The van der Waals surface area contributed by atoms with Crippen LogP contribution in [0.15, 0.2) is 24.3 Å². The Morgan fingerprint density at radius 3 is 2.48 bits per heavy atom. The number of carbonyl (C=O) groups is 1. The van der Waals surface area contributed by atoms with E-state index in [1.807, 2.05) is 39.0 Å². The zero-order chi connectivity index (χ0) is 17.4. The molecule has 1 N–H and O–H groups in total. The Morgan fingerprint density at radius 1 is 1.22 bits per heavy atom. The molecule has 23 heavy (non-hydrogen) atoms. The molecule has 0 fully saturated rings. The number of ether oxygens (including phenoxy) is 2. The van der Waals surface area contributed by atoms with E-state index in [1.165, 1.54) is 0 Å². The van der Waals surface area contributed by atoms with E-state index in [4.69, 9.17) is 9.47 Å². The van der Waals surface area contributed by atoms with E-state index in [0.29, 0.717) is 17.4 Å². The number of carbonyl (C=O) groups excluding carboxylic acids is 1. The molecule has 4 nitrogen and oxygen atoms in total. The molecule has 0 saturated heterocycles. The van der Waals surface area contributed by atoms with Crippen LogP contribution in [-0.2, 0) is 4.79 Å². The van der Waals surface area contributed by atoms with Crippen LogP contribution in [0.25, 0.3) is 6.08 Å². The van der Waals surface area contributed by atoms with E-state index in [0.717, 1.165) is 12.0 Å². The Morgan fingerprint density at radius 2 is 1.91 bits per heavy atom. The smallest absolute Gasteiger partial charge is 0.244 e. The molecule has 0 aromatic heterocycles. The van der Waals surface area contributed by atoms with Gasteiger partial charge >= 0.3 is 0 Å². The molecule has 0 heterocycles. The molecule has 0 aliphatic rings. The largest absolute Gasteiger partial charge is 0.493 e. The van der Waals surface area contributed by atoms with Crippen molar-refractivity contribution in [2.45, 2.75) is 53.2 Å². The summed E-state index contributed by atoms with van der Waals surface area (Å²) >= 11 is 0. The molecule has 1 aromatic rings. The van der Waals surface area contributed by atoms with E-state index in [9.17, 15) is 4.79 Å². The average molecular weight is 319 g/mol. The predicted molar refractivity (Wildman–Crippen MR) is 94.9 cm³/mol. The lowest BCUT2D eigenvalue weighted by Gasteiger charge is -2.18. The summed E-state index contributed by atoms with van der Waals surface area (Å²) in [4.78, 5) is 12.0. The molecule has 4 heteroatoms. The molecule has 1 aromatic carbocycles. The molecular weight excluding hydrogens is 290 g/mol. The fourth-order valence-electron chi connectivity index (χ4n) is 2.08. The van der Waals surface area contributed by atoms with Crippen LogP contribution >= 0.6 is 0 Å². The first kappa shape index (κ1) is 19.1. The number of methoxy groups -OCH3 is 1. The normalized spacial score (nSPS) is 13.9. The van der Waals surface area contributed by atoms with E-state index < -0.39 is 0 Å². The number of nitrogens with one attached hydrogen (secondary N) is 1. The van der Waals surface area contributed by atoms with Crippen LogP contribution in [0.2, 0.25) is 0 Å².